The lowest BCUT2D eigenvalue weighted by Gasteiger charge is -1.92. The summed E-state index contributed by atoms with van der Waals surface area (Å²) in [5.41, 5.74) is 0. The third-order valence-electron chi connectivity index (χ3n) is 1.35. The van der Waals surface area contributed by atoms with Crippen LogP contribution in [0.25, 0.3) is 0 Å². The molecular weight excluding hydrogens is 120 g/mol. The summed E-state index contributed by atoms with van der Waals surface area (Å²) in [6.07, 6.45) is 2.16. The molecule has 0 bridgehead atoms. The van der Waals surface area contributed by atoms with Gasteiger partial charge in [0, 0.05) is 0 Å². The van der Waals surface area contributed by atoms with E-state index in [1.165, 1.54) is 0 Å². The SMILES string of the molecule is O=CNC1CC1NC=O. The highest BCUT2D eigenvalue weighted by Crippen LogP contribution is 2.19. The fourth-order valence-corrected chi connectivity index (χ4v) is 0.738. The Balaban J connectivity index is 2.09. The molecule has 0 saturated heterocycles. The van der Waals surface area contributed by atoms with Crippen molar-refractivity contribution in [3.8, 4) is 0 Å². The van der Waals surface area contributed by atoms with Crippen LogP contribution in [0, 0.1) is 0 Å². The molecule has 50 valence electrons. The minimum absolute atomic E-state index is 0.174. The lowest BCUT2D eigenvalue weighted by atomic mass is 10.6. The molecule has 0 aliphatic heterocycles. The van der Waals surface area contributed by atoms with Crippen molar-refractivity contribution in [3.05, 3.63) is 0 Å². The van der Waals surface area contributed by atoms with Gasteiger partial charge in [-0.2, -0.15) is 0 Å². The lowest BCUT2D eigenvalue weighted by molar-refractivity contribution is -0.111. The van der Waals surface area contributed by atoms with E-state index in [2.05, 4.69) is 10.6 Å². The summed E-state index contributed by atoms with van der Waals surface area (Å²) in [6, 6.07) is 0.348. The van der Waals surface area contributed by atoms with E-state index in [0.717, 1.165) is 6.42 Å². The third-order valence-corrected chi connectivity index (χ3v) is 1.35. The Hall–Kier alpha value is -1.06. The quantitative estimate of drug-likeness (QED) is 0.458. The molecule has 2 atom stereocenters. The van der Waals surface area contributed by atoms with Gasteiger partial charge in [0.15, 0.2) is 0 Å². The maximum absolute atomic E-state index is 9.78. The Bertz CT molecular complexity index is 112. The van der Waals surface area contributed by atoms with Gasteiger partial charge in [0.05, 0.1) is 12.1 Å². The predicted molar refractivity (Wildman–Crippen MR) is 30.6 cm³/mol. The van der Waals surface area contributed by atoms with Crippen LogP contribution in [0.1, 0.15) is 6.42 Å². The standard InChI is InChI=1S/C5H8N2O2/c8-2-6-4-1-5(4)7-3-9/h2-5H,1H2,(H,6,8)(H,7,9). The van der Waals surface area contributed by atoms with Crippen LogP contribution in [0.2, 0.25) is 0 Å². The Kier molecular flexibility index (Phi) is 1.67. The van der Waals surface area contributed by atoms with E-state index in [1.807, 2.05) is 0 Å². The Morgan fingerprint density at radius 3 is 1.89 bits per heavy atom. The zero-order valence-corrected chi connectivity index (χ0v) is 4.83. The molecule has 1 rings (SSSR count). The summed E-state index contributed by atoms with van der Waals surface area (Å²) in [5.74, 6) is 0. The van der Waals surface area contributed by atoms with Crippen molar-refractivity contribution < 1.29 is 9.59 Å². The highest BCUT2D eigenvalue weighted by Gasteiger charge is 2.36. The fourth-order valence-electron chi connectivity index (χ4n) is 0.738. The molecular formula is C5H8N2O2. The maximum atomic E-state index is 9.78. The average Bonchev–Trinajstić information content (AvgIpc) is 2.50. The number of rotatable bonds is 4. The third kappa shape index (κ3) is 1.42. The molecule has 2 amide bonds. The van der Waals surface area contributed by atoms with Gasteiger partial charge in [-0.05, 0) is 6.42 Å². The van der Waals surface area contributed by atoms with E-state index in [4.69, 9.17) is 0 Å². The minimum Gasteiger partial charge on any atom is -0.354 e. The second-order valence-electron chi connectivity index (χ2n) is 2.02. The van der Waals surface area contributed by atoms with Crippen molar-refractivity contribution in [3.63, 3.8) is 0 Å². The summed E-state index contributed by atoms with van der Waals surface area (Å²) in [4.78, 5) is 19.6. The first-order valence-corrected chi connectivity index (χ1v) is 2.78. The zero-order valence-electron chi connectivity index (χ0n) is 4.83. The molecule has 1 aliphatic rings. The van der Waals surface area contributed by atoms with Crippen molar-refractivity contribution in [1.82, 2.24) is 10.6 Å². The molecule has 0 aromatic rings. The van der Waals surface area contributed by atoms with E-state index in [-0.39, 0.29) is 12.1 Å². The topological polar surface area (TPSA) is 58.2 Å². The van der Waals surface area contributed by atoms with Crippen molar-refractivity contribution in [2.75, 3.05) is 0 Å². The van der Waals surface area contributed by atoms with Crippen LogP contribution in [0.15, 0.2) is 0 Å². The average molecular weight is 128 g/mol. The van der Waals surface area contributed by atoms with Gasteiger partial charge in [-0.25, -0.2) is 0 Å². The van der Waals surface area contributed by atoms with E-state index in [0.29, 0.717) is 12.8 Å². The van der Waals surface area contributed by atoms with Crippen LogP contribution in [-0.4, -0.2) is 24.9 Å². The van der Waals surface area contributed by atoms with Crippen molar-refractivity contribution in [2.45, 2.75) is 18.5 Å². The first-order chi connectivity index (χ1) is 4.38. The van der Waals surface area contributed by atoms with Crippen LogP contribution >= 0.6 is 0 Å². The van der Waals surface area contributed by atoms with Crippen LogP contribution in [0.5, 0.6) is 0 Å². The fraction of sp³-hybridized carbons (Fsp3) is 0.600. The molecule has 0 aromatic carbocycles. The van der Waals surface area contributed by atoms with Gasteiger partial charge in [-0.3, -0.25) is 9.59 Å². The number of carbonyl (C=O) groups is 2. The van der Waals surface area contributed by atoms with Crippen LogP contribution in [-0.2, 0) is 9.59 Å². The predicted octanol–water partition coefficient (Wildman–Crippen LogP) is -1.38. The van der Waals surface area contributed by atoms with Crippen LogP contribution in [0.3, 0.4) is 0 Å². The molecule has 4 nitrogen and oxygen atoms in total. The largest absolute Gasteiger partial charge is 0.354 e. The number of hydrogen-bond acceptors (Lipinski definition) is 2. The molecule has 0 spiro atoms. The van der Waals surface area contributed by atoms with Gasteiger partial charge in [0.25, 0.3) is 0 Å². The van der Waals surface area contributed by atoms with E-state index in [9.17, 15) is 9.59 Å². The van der Waals surface area contributed by atoms with Gasteiger partial charge < -0.3 is 10.6 Å². The molecule has 0 aromatic heterocycles. The molecule has 2 N–H and O–H groups in total. The summed E-state index contributed by atoms with van der Waals surface area (Å²) in [5, 5.41) is 5.10. The normalized spacial score (nSPS) is 30.7. The van der Waals surface area contributed by atoms with Gasteiger partial charge >= 0.3 is 0 Å². The van der Waals surface area contributed by atoms with E-state index in [1.54, 1.807) is 0 Å². The second kappa shape index (κ2) is 2.48. The second-order valence-corrected chi connectivity index (χ2v) is 2.02. The molecule has 0 radical (unpaired) electrons. The highest BCUT2D eigenvalue weighted by molar-refractivity contribution is 5.51. The number of carbonyl (C=O) groups excluding carboxylic acids is 2. The minimum atomic E-state index is 0.174. The van der Waals surface area contributed by atoms with E-state index < -0.39 is 0 Å². The Labute approximate surface area is 52.6 Å². The Morgan fingerprint density at radius 1 is 1.11 bits per heavy atom. The van der Waals surface area contributed by atoms with Gasteiger partial charge in [0.2, 0.25) is 12.8 Å². The van der Waals surface area contributed by atoms with Crippen LogP contribution < -0.4 is 10.6 Å². The van der Waals surface area contributed by atoms with Crippen molar-refractivity contribution in [2.24, 2.45) is 0 Å². The van der Waals surface area contributed by atoms with Gasteiger partial charge in [-0.15, -0.1) is 0 Å². The number of amides is 2. The molecule has 4 heteroatoms. The maximum Gasteiger partial charge on any atom is 0.207 e. The van der Waals surface area contributed by atoms with Crippen molar-refractivity contribution >= 4 is 12.8 Å². The van der Waals surface area contributed by atoms with Gasteiger partial charge in [0.1, 0.15) is 0 Å². The summed E-state index contributed by atoms with van der Waals surface area (Å²) >= 11 is 0. The molecule has 1 fully saturated rings. The van der Waals surface area contributed by atoms with Crippen LogP contribution in [0.4, 0.5) is 0 Å². The molecule has 0 heterocycles. The van der Waals surface area contributed by atoms with E-state index >= 15 is 0 Å². The monoisotopic (exact) mass is 128 g/mol. The molecule has 1 aliphatic carbocycles. The van der Waals surface area contributed by atoms with Gasteiger partial charge in [-0.1, -0.05) is 0 Å². The smallest absolute Gasteiger partial charge is 0.207 e. The number of nitrogens with one attached hydrogen (secondary N) is 2. The molecule has 9 heavy (non-hydrogen) atoms. The van der Waals surface area contributed by atoms with Crippen molar-refractivity contribution in [1.29, 1.82) is 0 Å². The summed E-state index contributed by atoms with van der Waals surface area (Å²) in [6.45, 7) is 0. The first kappa shape index (κ1) is 6.07. The lowest BCUT2D eigenvalue weighted by Crippen LogP contribution is -2.25. The first-order valence-electron chi connectivity index (χ1n) is 2.78. The highest BCUT2D eigenvalue weighted by atomic mass is 16.1. The Morgan fingerprint density at radius 2 is 1.56 bits per heavy atom. The molecule has 2 unspecified atom stereocenters. The summed E-state index contributed by atoms with van der Waals surface area (Å²) < 4.78 is 0. The zero-order chi connectivity index (χ0) is 6.69. The molecule has 1 saturated carbocycles. The summed E-state index contributed by atoms with van der Waals surface area (Å²) in [7, 11) is 0. The number of hydrogen-bond donors (Lipinski definition) is 2.